The van der Waals surface area contributed by atoms with Crippen LogP contribution in [-0.2, 0) is 19.3 Å². The molecule has 0 atom stereocenters. The minimum absolute atomic E-state index is 0.881. The van der Waals surface area contributed by atoms with Gasteiger partial charge in [-0.05, 0) is 47.9 Å². The Balaban J connectivity index is 2.16. The summed E-state index contributed by atoms with van der Waals surface area (Å²) in [6.07, 6.45) is 2.81. The molecule has 1 aromatic carbocycles. The highest BCUT2D eigenvalue weighted by Gasteiger charge is 2.10. The number of nitrogens with zero attached hydrogens (tertiary/aromatic N) is 2. The highest BCUT2D eigenvalue weighted by molar-refractivity contribution is 14.1. The van der Waals surface area contributed by atoms with E-state index in [1.165, 1.54) is 5.56 Å². The summed E-state index contributed by atoms with van der Waals surface area (Å²) >= 11 is 2.33. The van der Waals surface area contributed by atoms with Crippen molar-refractivity contribution in [3.05, 3.63) is 51.0 Å². The van der Waals surface area contributed by atoms with Gasteiger partial charge in [0.05, 0.1) is 9.26 Å². The molecular weight excluding hydrogens is 361 g/mol. The number of aryl methyl sites for hydroxylation is 3. The van der Waals surface area contributed by atoms with Crippen LogP contribution in [0, 0.1) is 3.57 Å². The zero-order valence-electron chi connectivity index (χ0n) is 12.0. The predicted molar refractivity (Wildman–Crippen MR) is 92.1 cm³/mol. The van der Waals surface area contributed by atoms with Crippen LogP contribution in [0.15, 0.2) is 30.3 Å². The molecule has 1 aromatic heterocycles. The number of hydrogen-bond acceptors (Lipinski definition) is 3. The van der Waals surface area contributed by atoms with Crippen LogP contribution in [0.1, 0.15) is 30.9 Å². The molecule has 0 aliphatic rings. The van der Waals surface area contributed by atoms with E-state index in [0.717, 1.165) is 46.7 Å². The fourth-order valence-electron chi connectivity index (χ4n) is 2.08. The van der Waals surface area contributed by atoms with E-state index in [4.69, 9.17) is 4.98 Å². The van der Waals surface area contributed by atoms with Gasteiger partial charge in [-0.1, -0.05) is 37.3 Å². The smallest absolute Gasteiger partial charge is 0.143 e. The minimum Gasteiger partial charge on any atom is -0.369 e. The number of hydrogen-bond donors (Lipinski definition) is 1. The summed E-state index contributed by atoms with van der Waals surface area (Å²) in [4.78, 5) is 9.35. The van der Waals surface area contributed by atoms with Gasteiger partial charge in [-0.25, -0.2) is 9.97 Å². The van der Waals surface area contributed by atoms with E-state index >= 15 is 0 Å². The molecular formula is C16H20IN3. The lowest BCUT2D eigenvalue weighted by molar-refractivity contribution is 0.827. The Kier molecular flexibility index (Phi) is 5.76. The molecule has 1 heterocycles. The second kappa shape index (κ2) is 7.57. The molecule has 2 aromatic rings. The monoisotopic (exact) mass is 381 g/mol. The highest BCUT2D eigenvalue weighted by Crippen LogP contribution is 2.20. The number of anilines is 1. The van der Waals surface area contributed by atoms with Crippen LogP contribution in [0.3, 0.4) is 0 Å². The van der Waals surface area contributed by atoms with Crippen LogP contribution in [0.2, 0.25) is 0 Å². The van der Waals surface area contributed by atoms with Crippen molar-refractivity contribution >= 4 is 28.4 Å². The lowest BCUT2D eigenvalue weighted by atomic mass is 10.1. The third kappa shape index (κ3) is 3.91. The van der Waals surface area contributed by atoms with E-state index in [9.17, 15) is 0 Å². The van der Waals surface area contributed by atoms with Gasteiger partial charge >= 0.3 is 0 Å². The zero-order chi connectivity index (χ0) is 14.4. The first-order chi connectivity index (χ1) is 9.74. The molecule has 0 radical (unpaired) electrons. The van der Waals surface area contributed by atoms with Crippen LogP contribution in [0.4, 0.5) is 5.82 Å². The van der Waals surface area contributed by atoms with Gasteiger partial charge in [0.2, 0.25) is 0 Å². The molecule has 4 heteroatoms. The fraction of sp³-hybridized carbons (Fsp3) is 0.375. The second-order valence-electron chi connectivity index (χ2n) is 4.62. The van der Waals surface area contributed by atoms with Gasteiger partial charge in [0.15, 0.2) is 0 Å². The molecule has 0 bridgehead atoms. The highest BCUT2D eigenvalue weighted by atomic mass is 127. The third-order valence-electron chi connectivity index (χ3n) is 3.13. The summed E-state index contributed by atoms with van der Waals surface area (Å²) < 4.78 is 1.15. The number of halogens is 1. The average Bonchev–Trinajstić information content (AvgIpc) is 2.49. The van der Waals surface area contributed by atoms with Crippen LogP contribution in [0.25, 0.3) is 0 Å². The molecule has 0 aliphatic carbocycles. The molecule has 0 aliphatic heterocycles. The van der Waals surface area contributed by atoms with Gasteiger partial charge in [0.25, 0.3) is 0 Å². The van der Waals surface area contributed by atoms with Crippen molar-refractivity contribution in [2.24, 2.45) is 0 Å². The summed E-state index contributed by atoms with van der Waals surface area (Å²) in [5.74, 6) is 1.91. The maximum Gasteiger partial charge on any atom is 0.143 e. The van der Waals surface area contributed by atoms with Gasteiger partial charge in [-0.15, -0.1) is 0 Å². The quantitative estimate of drug-likeness (QED) is 0.773. The fourth-order valence-corrected chi connectivity index (χ4v) is 2.89. The van der Waals surface area contributed by atoms with Crippen LogP contribution >= 0.6 is 22.6 Å². The molecule has 2 rings (SSSR count). The van der Waals surface area contributed by atoms with Crippen LogP contribution < -0.4 is 5.32 Å². The Bertz CT molecular complexity index is 555. The average molecular weight is 381 g/mol. The SMILES string of the molecule is CCNc1nc(CCc2ccccc2)nc(CC)c1I. The molecule has 106 valence electrons. The van der Waals surface area contributed by atoms with E-state index in [0.29, 0.717) is 0 Å². The predicted octanol–water partition coefficient (Wildman–Crippen LogP) is 3.86. The van der Waals surface area contributed by atoms with Crippen molar-refractivity contribution in [2.75, 3.05) is 11.9 Å². The maximum atomic E-state index is 4.69. The van der Waals surface area contributed by atoms with E-state index in [2.05, 4.69) is 71.0 Å². The van der Waals surface area contributed by atoms with Crippen molar-refractivity contribution in [1.82, 2.24) is 9.97 Å². The Morgan fingerprint density at radius 2 is 1.80 bits per heavy atom. The summed E-state index contributed by atoms with van der Waals surface area (Å²) in [5, 5.41) is 3.33. The van der Waals surface area contributed by atoms with Crippen molar-refractivity contribution in [3.8, 4) is 0 Å². The number of benzene rings is 1. The van der Waals surface area contributed by atoms with E-state index in [1.54, 1.807) is 0 Å². The molecule has 0 fully saturated rings. The van der Waals surface area contributed by atoms with Crippen molar-refractivity contribution in [2.45, 2.75) is 33.1 Å². The largest absolute Gasteiger partial charge is 0.369 e. The summed E-state index contributed by atoms with van der Waals surface area (Å²) in [7, 11) is 0. The lowest BCUT2D eigenvalue weighted by Gasteiger charge is -2.11. The molecule has 3 nitrogen and oxygen atoms in total. The molecule has 1 N–H and O–H groups in total. The molecule has 0 amide bonds. The maximum absolute atomic E-state index is 4.69. The van der Waals surface area contributed by atoms with Crippen LogP contribution in [0.5, 0.6) is 0 Å². The van der Waals surface area contributed by atoms with Gasteiger partial charge in [-0.2, -0.15) is 0 Å². The first kappa shape index (κ1) is 15.2. The Labute approximate surface area is 134 Å². The Morgan fingerprint density at radius 3 is 2.45 bits per heavy atom. The number of rotatable bonds is 6. The second-order valence-corrected chi connectivity index (χ2v) is 5.70. The summed E-state index contributed by atoms with van der Waals surface area (Å²) in [6, 6.07) is 10.5. The van der Waals surface area contributed by atoms with Gasteiger partial charge in [-0.3, -0.25) is 0 Å². The Morgan fingerprint density at radius 1 is 1.05 bits per heavy atom. The van der Waals surface area contributed by atoms with Gasteiger partial charge < -0.3 is 5.32 Å². The topological polar surface area (TPSA) is 37.8 Å². The van der Waals surface area contributed by atoms with Crippen LogP contribution in [-0.4, -0.2) is 16.5 Å². The first-order valence-corrected chi connectivity index (χ1v) is 8.15. The first-order valence-electron chi connectivity index (χ1n) is 7.07. The lowest BCUT2D eigenvalue weighted by Crippen LogP contribution is -2.10. The van der Waals surface area contributed by atoms with E-state index in [1.807, 2.05) is 6.07 Å². The zero-order valence-corrected chi connectivity index (χ0v) is 14.1. The normalized spacial score (nSPS) is 10.6. The van der Waals surface area contributed by atoms with Crippen molar-refractivity contribution in [3.63, 3.8) is 0 Å². The number of nitrogens with one attached hydrogen (secondary N) is 1. The molecule has 0 spiro atoms. The molecule has 0 saturated carbocycles. The number of aromatic nitrogens is 2. The molecule has 0 saturated heterocycles. The third-order valence-corrected chi connectivity index (χ3v) is 4.26. The summed E-state index contributed by atoms with van der Waals surface area (Å²) in [5.41, 5.74) is 2.47. The molecule has 20 heavy (non-hydrogen) atoms. The van der Waals surface area contributed by atoms with Gasteiger partial charge in [0.1, 0.15) is 11.6 Å². The Hall–Kier alpha value is -1.17. The van der Waals surface area contributed by atoms with Crippen molar-refractivity contribution < 1.29 is 0 Å². The van der Waals surface area contributed by atoms with E-state index < -0.39 is 0 Å². The summed E-state index contributed by atoms with van der Waals surface area (Å²) in [6.45, 7) is 5.11. The van der Waals surface area contributed by atoms with Crippen molar-refractivity contribution in [1.29, 1.82) is 0 Å². The molecule has 0 unspecified atom stereocenters. The minimum atomic E-state index is 0.881. The van der Waals surface area contributed by atoms with E-state index in [-0.39, 0.29) is 0 Å². The van der Waals surface area contributed by atoms with Gasteiger partial charge in [0, 0.05) is 13.0 Å². The standard InChI is InChI=1S/C16H20IN3/c1-3-13-15(17)16(18-4-2)20-14(19-13)11-10-12-8-6-5-7-9-12/h5-9H,3-4,10-11H2,1-2H3,(H,18,19,20).